The Balaban J connectivity index is 1.92. The molecule has 5 nitrogen and oxygen atoms in total. The molecule has 2 N–H and O–H groups in total. The number of H-pyrrole nitrogens is 1. The summed E-state index contributed by atoms with van der Waals surface area (Å²) in [6.45, 7) is 2.11. The fourth-order valence-corrected chi connectivity index (χ4v) is 2.42. The van der Waals surface area contributed by atoms with Gasteiger partial charge in [0.2, 0.25) is 0 Å². The van der Waals surface area contributed by atoms with Crippen LogP contribution in [0.3, 0.4) is 0 Å². The minimum Gasteiger partial charge on any atom is -0.361 e. The number of aromatic amines is 1. The Hall–Kier alpha value is -1.95. The van der Waals surface area contributed by atoms with Crippen LogP contribution in [-0.4, -0.2) is 19.9 Å². The highest BCUT2D eigenvalue weighted by Gasteiger charge is 2.10. The van der Waals surface area contributed by atoms with E-state index in [4.69, 9.17) is 0 Å². The van der Waals surface area contributed by atoms with E-state index in [0.717, 1.165) is 11.3 Å². The van der Waals surface area contributed by atoms with Crippen molar-refractivity contribution in [3.63, 3.8) is 0 Å². The second-order valence-electron chi connectivity index (χ2n) is 3.70. The maximum atomic E-state index is 4.24. The molecule has 0 spiro atoms. The van der Waals surface area contributed by atoms with Gasteiger partial charge in [-0.2, -0.15) is 0 Å². The van der Waals surface area contributed by atoms with E-state index in [2.05, 4.69) is 43.6 Å². The smallest absolute Gasteiger partial charge is 0.182 e. The molecule has 3 heterocycles. The molecular weight excluding hydrogens is 234 g/mol. The van der Waals surface area contributed by atoms with E-state index in [9.17, 15) is 0 Å². The first kappa shape index (κ1) is 10.2. The predicted octanol–water partition coefficient (Wildman–Crippen LogP) is 2.59. The Morgan fingerprint density at radius 1 is 1.35 bits per heavy atom. The van der Waals surface area contributed by atoms with Gasteiger partial charge in [-0.15, -0.1) is 11.3 Å². The first-order valence-corrected chi connectivity index (χ1v) is 6.16. The molecule has 0 saturated carbocycles. The number of rotatable bonds is 3. The van der Waals surface area contributed by atoms with Crippen molar-refractivity contribution >= 4 is 28.3 Å². The summed E-state index contributed by atoms with van der Waals surface area (Å²) in [6, 6.07) is 4.37. The van der Waals surface area contributed by atoms with Crippen LogP contribution in [-0.2, 0) is 0 Å². The largest absolute Gasteiger partial charge is 0.361 e. The van der Waals surface area contributed by atoms with Crippen LogP contribution >= 0.6 is 11.3 Å². The van der Waals surface area contributed by atoms with Gasteiger partial charge < -0.3 is 10.3 Å². The second-order valence-corrected chi connectivity index (χ2v) is 4.68. The molecule has 86 valence electrons. The van der Waals surface area contributed by atoms with Crippen LogP contribution in [0.4, 0.5) is 5.82 Å². The van der Waals surface area contributed by atoms with E-state index in [1.54, 1.807) is 17.7 Å². The van der Waals surface area contributed by atoms with E-state index in [-0.39, 0.29) is 6.04 Å². The highest BCUT2D eigenvalue weighted by Crippen LogP contribution is 2.24. The Bertz CT molecular complexity index is 616. The fraction of sp³-hybridized carbons (Fsp3) is 0.182. The van der Waals surface area contributed by atoms with E-state index < -0.39 is 0 Å². The van der Waals surface area contributed by atoms with Gasteiger partial charge in [-0.05, 0) is 18.4 Å². The Morgan fingerprint density at radius 3 is 3.12 bits per heavy atom. The molecule has 3 aromatic heterocycles. The van der Waals surface area contributed by atoms with E-state index in [1.165, 1.54) is 11.2 Å². The average Bonchev–Trinajstić information content (AvgIpc) is 3.00. The van der Waals surface area contributed by atoms with Crippen molar-refractivity contribution in [2.75, 3.05) is 5.32 Å². The molecule has 0 amide bonds. The highest BCUT2D eigenvalue weighted by molar-refractivity contribution is 7.10. The Labute approximate surface area is 102 Å². The summed E-state index contributed by atoms with van der Waals surface area (Å²) >= 11 is 1.73. The molecule has 0 unspecified atom stereocenters. The third kappa shape index (κ3) is 1.87. The number of anilines is 1. The molecular formula is C11H11N5S. The first-order valence-electron chi connectivity index (χ1n) is 5.28. The number of hydrogen-bond acceptors (Lipinski definition) is 5. The number of nitrogens with zero attached hydrogens (tertiary/aromatic N) is 3. The van der Waals surface area contributed by atoms with Crippen molar-refractivity contribution in [1.29, 1.82) is 0 Å². The van der Waals surface area contributed by atoms with Crippen molar-refractivity contribution in [3.05, 3.63) is 35.0 Å². The summed E-state index contributed by atoms with van der Waals surface area (Å²) in [7, 11) is 0. The van der Waals surface area contributed by atoms with Crippen molar-refractivity contribution in [2.24, 2.45) is 0 Å². The van der Waals surface area contributed by atoms with Crippen LogP contribution in [0.25, 0.3) is 11.2 Å². The van der Waals surface area contributed by atoms with E-state index >= 15 is 0 Å². The monoisotopic (exact) mass is 245 g/mol. The summed E-state index contributed by atoms with van der Waals surface area (Å²) < 4.78 is 0. The molecule has 3 aromatic rings. The van der Waals surface area contributed by atoms with Crippen molar-refractivity contribution in [3.8, 4) is 0 Å². The predicted molar refractivity (Wildman–Crippen MR) is 68.0 cm³/mol. The number of hydrogen-bond donors (Lipinski definition) is 2. The van der Waals surface area contributed by atoms with Gasteiger partial charge in [-0.3, -0.25) is 0 Å². The lowest BCUT2D eigenvalue weighted by molar-refractivity contribution is 0.896. The second kappa shape index (κ2) is 4.14. The SMILES string of the molecule is C[C@@H](Nc1ncnc2nc[nH]c12)c1cccs1. The molecule has 0 bridgehead atoms. The maximum Gasteiger partial charge on any atom is 0.182 e. The minimum atomic E-state index is 0.219. The lowest BCUT2D eigenvalue weighted by atomic mass is 10.3. The van der Waals surface area contributed by atoms with Crippen LogP contribution in [0.5, 0.6) is 0 Å². The van der Waals surface area contributed by atoms with Crippen molar-refractivity contribution in [1.82, 2.24) is 19.9 Å². The molecule has 0 aliphatic heterocycles. The first-order chi connectivity index (χ1) is 8.34. The maximum absolute atomic E-state index is 4.24. The van der Waals surface area contributed by atoms with E-state index in [1.807, 2.05) is 6.07 Å². The zero-order valence-electron chi connectivity index (χ0n) is 9.21. The standard InChI is InChI=1S/C11H11N5S/c1-7(8-3-2-4-17-8)16-11-9-10(13-5-12-9)14-6-15-11/h2-7H,1H3,(H2,12,13,14,15,16)/t7-/m1/s1. The fourth-order valence-electron chi connectivity index (χ4n) is 1.69. The van der Waals surface area contributed by atoms with Gasteiger partial charge in [-0.1, -0.05) is 6.07 Å². The van der Waals surface area contributed by atoms with Gasteiger partial charge in [0.25, 0.3) is 0 Å². The van der Waals surface area contributed by atoms with Gasteiger partial charge in [0.15, 0.2) is 11.5 Å². The topological polar surface area (TPSA) is 66.5 Å². The lowest BCUT2D eigenvalue weighted by Crippen LogP contribution is -2.07. The molecule has 3 rings (SSSR count). The molecule has 0 aliphatic carbocycles. The highest BCUT2D eigenvalue weighted by atomic mass is 32.1. The zero-order chi connectivity index (χ0) is 11.7. The Morgan fingerprint density at radius 2 is 2.29 bits per heavy atom. The van der Waals surface area contributed by atoms with Crippen LogP contribution in [0, 0.1) is 0 Å². The van der Waals surface area contributed by atoms with Gasteiger partial charge in [-0.25, -0.2) is 15.0 Å². The average molecular weight is 245 g/mol. The Kier molecular flexibility index (Phi) is 2.49. The number of nitrogens with one attached hydrogen (secondary N) is 2. The third-order valence-electron chi connectivity index (χ3n) is 2.55. The van der Waals surface area contributed by atoms with Crippen LogP contribution in [0.2, 0.25) is 0 Å². The molecule has 0 aromatic carbocycles. The molecule has 1 atom stereocenters. The summed E-state index contributed by atoms with van der Waals surface area (Å²) in [5, 5.41) is 5.43. The van der Waals surface area contributed by atoms with Gasteiger partial charge in [0.05, 0.1) is 12.4 Å². The zero-order valence-corrected chi connectivity index (χ0v) is 10.0. The summed E-state index contributed by atoms with van der Waals surface area (Å²) in [5.74, 6) is 0.786. The van der Waals surface area contributed by atoms with Gasteiger partial charge in [0.1, 0.15) is 11.8 Å². The molecule has 0 aliphatic rings. The molecule has 17 heavy (non-hydrogen) atoms. The molecule has 0 radical (unpaired) electrons. The van der Waals surface area contributed by atoms with Gasteiger partial charge >= 0.3 is 0 Å². The summed E-state index contributed by atoms with van der Waals surface area (Å²) in [4.78, 5) is 16.7. The number of thiophene rings is 1. The summed E-state index contributed by atoms with van der Waals surface area (Å²) in [6.07, 6.45) is 3.15. The van der Waals surface area contributed by atoms with Crippen LogP contribution in [0.15, 0.2) is 30.2 Å². The van der Waals surface area contributed by atoms with Crippen LogP contribution in [0.1, 0.15) is 17.8 Å². The number of fused-ring (bicyclic) bond motifs is 1. The quantitative estimate of drug-likeness (QED) is 0.744. The van der Waals surface area contributed by atoms with E-state index in [0.29, 0.717) is 5.65 Å². The summed E-state index contributed by atoms with van der Waals surface area (Å²) in [5.41, 5.74) is 1.52. The molecule has 6 heteroatoms. The third-order valence-corrected chi connectivity index (χ3v) is 3.60. The number of aromatic nitrogens is 4. The van der Waals surface area contributed by atoms with Gasteiger partial charge in [0, 0.05) is 4.88 Å². The van der Waals surface area contributed by atoms with Crippen LogP contribution < -0.4 is 5.32 Å². The molecule has 0 fully saturated rings. The van der Waals surface area contributed by atoms with Crippen molar-refractivity contribution < 1.29 is 0 Å². The minimum absolute atomic E-state index is 0.219. The number of imidazole rings is 1. The lowest BCUT2D eigenvalue weighted by Gasteiger charge is -2.12. The normalized spacial score (nSPS) is 12.8. The van der Waals surface area contributed by atoms with Crippen molar-refractivity contribution in [2.45, 2.75) is 13.0 Å². The molecule has 0 saturated heterocycles.